The SMILES string of the molecule is COC(=O)CC[C@H]1CN(Cc2c(OC)ccc3ccccc23)CC[C@H]1N1CCN(c2ccccc2F)CC1. The number of benzene rings is 3. The molecule has 0 bridgehead atoms. The van der Waals surface area contributed by atoms with Gasteiger partial charge in [0.05, 0.1) is 19.9 Å². The number of piperazine rings is 1. The summed E-state index contributed by atoms with van der Waals surface area (Å²) in [6, 6.07) is 20.1. The monoisotopic (exact) mass is 519 g/mol. The van der Waals surface area contributed by atoms with Crippen molar-refractivity contribution in [1.29, 1.82) is 0 Å². The minimum atomic E-state index is -0.158. The normalized spacial score (nSPS) is 21.0. The maximum Gasteiger partial charge on any atom is 0.305 e. The molecule has 3 aromatic rings. The first kappa shape index (κ1) is 26.4. The number of anilines is 1. The molecule has 0 saturated carbocycles. The third-order valence-electron chi connectivity index (χ3n) is 8.30. The molecule has 202 valence electrons. The zero-order chi connectivity index (χ0) is 26.5. The summed E-state index contributed by atoms with van der Waals surface area (Å²) in [4.78, 5) is 19.3. The second kappa shape index (κ2) is 12.1. The summed E-state index contributed by atoms with van der Waals surface area (Å²) in [6.45, 7) is 6.11. The Morgan fingerprint density at radius 3 is 2.47 bits per heavy atom. The van der Waals surface area contributed by atoms with E-state index >= 15 is 0 Å². The number of carbonyl (C=O) groups is 1. The van der Waals surface area contributed by atoms with Crippen LogP contribution in [0.15, 0.2) is 60.7 Å². The number of halogens is 1. The van der Waals surface area contributed by atoms with Crippen molar-refractivity contribution >= 4 is 22.4 Å². The quantitative estimate of drug-likeness (QED) is 0.393. The summed E-state index contributed by atoms with van der Waals surface area (Å²) < 4.78 is 25.1. The second-order valence-corrected chi connectivity index (χ2v) is 10.4. The van der Waals surface area contributed by atoms with E-state index in [0.717, 1.165) is 64.4 Å². The van der Waals surface area contributed by atoms with Crippen molar-refractivity contribution in [2.75, 3.05) is 58.4 Å². The molecule has 0 N–H and O–H groups in total. The molecule has 38 heavy (non-hydrogen) atoms. The summed E-state index contributed by atoms with van der Waals surface area (Å²) in [5, 5.41) is 2.44. The molecule has 0 radical (unpaired) electrons. The number of methoxy groups -OCH3 is 2. The van der Waals surface area contributed by atoms with E-state index in [1.165, 1.54) is 29.5 Å². The lowest BCUT2D eigenvalue weighted by molar-refractivity contribution is -0.141. The van der Waals surface area contributed by atoms with E-state index in [1.807, 2.05) is 12.1 Å². The van der Waals surface area contributed by atoms with E-state index in [1.54, 1.807) is 13.2 Å². The van der Waals surface area contributed by atoms with Crippen LogP contribution in [0.25, 0.3) is 10.8 Å². The molecule has 2 aliphatic rings. The van der Waals surface area contributed by atoms with Crippen LogP contribution in [-0.4, -0.2) is 75.3 Å². The van der Waals surface area contributed by atoms with Crippen LogP contribution in [0, 0.1) is 11.7 Å². The average molecular weight is 520 g/mol. The molecule has 5 rings (SSSR count). The van der Waals surface area contributed by atoms with Gasteiger partial charge in [0.1, 0.15) is 11.6 Å². The van der Waals surface area contributed by atoms with Crippen molar-refractivity contribution < 1.29 is 18.7 Å². The number of ether oxygens (including phenoxy) is 2. The fraction of sp³-hybridized carbons (Fsp3) is 0.452. The van der Waals surface area contributed by atoms with E-state index in [4.69, 9.17) is 9.47 Å². The summed E-state index contributed by atoms with van der Waals surface area (Å²) in [7, 11) is 3.20. The van der Waals surface area contributed by atoms with Gasteiger partial charge < -0.3 is 14.4 Å². The first-order valence-electron chi connectivity index (χ1n) is 13.6. The molecular weight excluding hydrogens is 481 g/mol. The van der Waals surface area contributed by atoms with Crippen LogP contribution in [0.2, 0.25) is 0 Å². The highest BCUT2D eigenvalue weighted by molar-refractivity contribution is 5.87. The van der Waals surface area contributed by atoms with Gasteiger partial charge in [0.15, 0.2) is 0 Å². The Balaban J connectivity index is 1.30. The summed E-state index contributed by atoms with van der Waals surface area (Å²) in [6.07, 6.45) is 2.27. The maximum absolute atomic E-state index is 14.4. The Morgan fingerprint density at radius 1 is 0.947 bits per heavy atom. The summed E-state index contributed by atoms with van der Waals surface area (Å²) in [5.74, 6) is 0.958. The molecule has 0 aromatic heterocycles. The fourth-order valence-corrected chi connectivity index (χ4v) is 6.31. The van der Waals surface area contributed by atoms with Gasteiger partial charge in [0, 0.05) is 57.3 Å². The van der Waals surface area contributed by atoms with Gasteiger partial charge in [-0.25, -0.2) is 4.39 Å². The molecule has 2 aliphatic heterocycles. The zero-order valence-corrected chi connectivity index (χ0v) is 22.4. The third kappa shape index (κ3) is 5.79. The number of rotatable bonds is 8. The number of hydrogen-bond donors (Lipinski definition) is 0. The number of hydrogen-bond acceptors (Lipinski definition) is 6. The van der Waals surface area contributed by atoms with E-state index < -0.39 is 0 Å². The van der Waals surface area contributed by atoms with Gasteiger partial charge in [-0.15, -0.1) is 0 Å². The molecule has 0 aliphatic carbocycles. The zero-order valence-electron chi connectivity index (χ0n) is 22.4. The van der Waals surface area contributed by atoms with Crippen molar-refractivity contribution in [1.82, 2.24) is 9.80 Å². The number of para-hydroxylation sites is 1. The van der Waals surface area contributed by atoms with Crippen LogP contribution in [0.3, 0.4) is 0 Å². The molecule has 3 aromatic carbocycles. The van der Waals surface area contributed by atoms with Gasteiger partial charge in [0.25, 0.3) is 0 Å². The van der Waals surface area contributed by atoms with Crippen LogP contribution in [0.4, 0.5) is 10.1 Å². The van der Waals surface area contributed by atoms with Gasteiger partial charge in [-0.2, -0.15) is 0 Å². The highest BCUT2D eigenvalue weighted by Gasteiger charge is 2.35. The van der Waals surface area contributed by atoms with Gasteiger partial charge in [-0.3, -0.25) is 14.6 Å². The van der Waals surface area contributed by atoms with Gasteiger partial charge >= 0.3 is 5.97 Å². The Labute approximate surface area is 224 Å². The third-order valence-corrected chi connectivity index (χ3v) is 8.30. The highest BCUT2D eigenvalue weighted by Crippen LogP contribution is 2.33. The van der Waals surface area contributed by atoms with Crippen LogP contribution in [-0.2, 0) is 16.1 Å². The molecule has 0 amide bonds. The van der Waals surface area contributed by atoms with E-state index in [9.17, 15) is 9.18 Å². The van der Waals surface area contributed by atoms with Crippen LogP contribution in [0.1, 0.15) is 24.8 Å². The topological polar surface area (TPSA) is 45.2 Å². The van der Waals surface area contributed by atoms with Crippen molar-refractivity contribution in [2.45, 2.75) is 31.8 Å². The first-order chi connectivity index (χ1) is 18.6. The maximum atomic E-state index is 14.4. The molecule has 0 unspecified atom stereocenters. The van der Waals surface area contributed by atoms with Crippen LogP contribution in [0.5, 0.6) is 5.75 Å². The Kier molecular flexibility index (Phi) is 8.45. The predicted octanol–water partition coefficient (Wildman–Crippen LogP) is 4.95. The smallest absolute Gasteiger partial charge is 0.305 e. The number of likely N-dealkylation sites (tertiary alicyclic amines) is 1. The van der Waals surface area contributed by atoms with Crippen LogP contribution >= 0.6 is 0 Å². The first-order valence-corrected chi connectivity index (χ1v) is 13.6. The molecule has 2 fully saturated rings. The lowest BCUT2D eigenvalue weighted by Gasteiger charge is -2.47. The molecule has 2 atom stereocenters. The Hall–Kier alpha value is -3.16. The van der Waals surface area contributed by atoms with Crippen molar-refractivity contribution in [2.24, 2.45) is 5.92 Å². The number of nitrogens with zero attached hydrogens (tertiary/aromatic N) is 3. The van der Waals surface area contributed by atoms with Crippen molar-refractivity contribution in [3.05, 3.63) is 72.0 Å². The van der Waals surface area contributed by atoms with E-state index in [-0.39, 0.29) is 11.8 Å². The summed E-state index contributed by atoms with van der Waals surface area (Å²) >= 11 is 0. The fourth-order valence-electron chi connectivity index (χ4n) is 6.31. The van der Waals surface area contributed by atoms with E-state index in [2.05, 4.69) is 51.1 Å². The molecule has 2 heterocycles. The van der Waals surface area contributed by atoms with Gasteiger partial charge in [0.2, 0.25) is 0 Å². The lowest BCUT2D eigenvalue weighted by Crippen LogP contribution is -2.56. The number of carbonyl (C=O) groups excluding carboxylic acids is 1. The molecule has 0 spiro atoms. The van der Waals surface area contributed by atoms with Crippen molar-refractivity contribution in [3.8, 4) is 5.75 Å². The lowest BCUT2D eigenvalue weighted by atomic mass is 9.86. The minimum absolute atomic E-state index is 0.152. The molecular formula is C31H38FN3O3. The average Bonchev–Trinajstić information content (AvgIpc) is 2.96. The molecule has 2 saturated heterocycles. The predicted molar refractivity (Wildman–Crippen MR) is 149 cm³/mol. The Morgan fingerprint density at radius 2 is 1.71 bits per heavy atom. The molecule has 6 nitrogen and oxygen atoms in total. The molecule has 7 heteroatoms. The van der Waals surface area contributed by atoms with Gasteiger partial charge in [-0.05, 0) is 54.3 Å². The summed E-state index contributed by atoms with van der Waals surface area (Å²) in [5.41, 5.74) is 1.91. The van der Waals surface area contributed by atoms with Crippen LogP contribution < -0.4 is 9.64 Å². The second-order valence-electron chi connectivity index (χ2n) is 10.4. The van der Waals surface area contributed by atoms with Crippen molar-refractivity contribution in [3.63, 3.8) is 0 Å². The number of fused-ring (bicyclic) bond motifs is 1. The minimum Gasteiger partial charge on any atom is -0.496 e. The Bertz CT molecular complexity index is 1240. The number of esters is 1. The van der Waals surface area contributed by atoms with E-state index in [0.29, 0.717) is 24.1 Å². The van der Waals surface area contributed by atoms with Gasteiger partial charge in [-0.1, -0.05) is 42.5 Å². The largest absolute Gasteiger partial charge is 0.496 e. The number of piperidine rings is 1. The standard InChI is InChI=1S/C31H38FN3O3/c1-37-30-13-11-23-7-3-4-8-25(23)26(30)22-33-16-15-28(24(21-33)12-14-31(36)38-2)34-17-19-35(20-18-34)29-10-6-5-9-27(29)32/h3-11,13,24,28H,12,14-22H2,1-2H3/t24-,28+/m0/s1. The highest BCUT2D eigenvalue weighted by atomic mass is 19.1.